The minimum absolute atomic E-state index is 0.0101. The molecule has 0 aliphatic carbocycles. The van der Waals surface area contributed by atoms with E-state index in [1.165, 1.54) is 6.07 Å². The Labute approximate surface area is 140 Å². The van der Waals surface area contributed by atoms with Gasteiger partial charge in [0.25, 0.3) is 0 Å². The molecule has 1 unspecified atom stereocenters. The highest BCUT2D eigenvalue weighted by atomic mass is 19.1. The Hall–Kier alpha value is -2.50. The molecule has 126 valence electrons. The van der Waals surface area contributed by atoms with Gasteiger partial charge in [-0.15, -0.1) is 0 Å². The molecule has 1 aliphatic rings. The number of hydrogen-bond donors (Lipinski definition) is 1. The summed E-state index contributed by atoms with van der Waals surface area (Å²) in [6, 6.07) is 6.74. The van der Waals surface area contributed by atoms with Gasteiger partial charge in [0.2, 0.25) is 5.91 Å². The van der Waals surface area contributed by atoms with Gasteiger partial charge in [0.05, 0.1) is 6.42 Å². The van der Waals surface area contributed by atoms with Gasteiger partial charge in [-0.25, -0.2) is 9.37 Å². The van der Waals surface area contributed by atoms with Crippen LogP contribution in [0, 0.1) is 11.7 Å². The van der Waals surface area contributed by atoms with E-state index < -0.39 is 0 Å². The van der Waals surface area contributed by atoms with E-state index in [9.17, 15) is 9.18 Å². The molecule has 1 amide bonds. The molecule has 6 heteroatoms. The average molecular weight is 328 g/mol. The summed E-state index contributed by atoms with van der Waals surface area (Å²) in [7, 11) is 0. The number of anilines is 1. The predicted octanol–water partition coefficient (Wildman–Crippen LogP) is 2.19. The maximum absolute atomic E-state index is 13.9. The summed E-state index contributed by atoms with van der Waals surface area (Å²) in [6.07, 6.45) is 7.33. The molecule has 2 aromatic heterocycles. The topological polar surface area (TPSA) is 58.1 Å². The van der Waals surface area contributed by atoms with Crippen LogP contribution in [0.25, 0.3) is 0 Å². The van der Waals surface area contributed by atoms with E-state index in [0.717, 1.165) is 24.9 Å². The van der Waals surface area contributed by atoms with Crippen LogP contribution in [0.15, 0.2) is 42.9 Å². The third-order valence-electron chi connectivity index (χ3n) is 4.23. The Balaban J connectivity index is 1.51. The Morgan fingerprint density at radius 2 is 2.21 bits per heavy atom. The van der Waals surface area contributed by atoms with Crippen molar-refractivity contribution in [2.75, 3.05) is 24.5 Å². The summed E-state index contributed by atoms with van der Waals surface area (Å²) in [5, 5.41) is 2.98. The minimum Gasteiger partial charge on any atom is -0.355 e. The van der Waals surface area contributed by atoms with Crippen molar-refractivity contribution in [1.82, 2.24) is 15.3 Å². The predicted molar refractivity (Wildman–Crippen MR) is 90.1 cm³/mol. The second-order valence-electron chi connectivity index (χ2n) is 6.11. The number of nitrogens with one attached hydrogen (secondary N) is 1. The number of amides is 1. The Morgan fingerprint density at radius 3 is 3.00 bits per heavy atom. The van der Waals surface area contributed by atoms with Crippen LogP contribution in [0.4, 0.5) is 10.2 Å². The lowest BCUT2D eigenvalue weighted by atomic mass is 9.98. The minimum atomic E-state index is -0.293. The molecule has 5 nitrogen and oxygen atoms in total. The number of piperidine rings is 1. The molecule has 0 saturated carbocycles. The van der Waals surface area contributed by atoms with Crippen molar-refractivity contribution in [2.24, 2.45) is 5.92 Å². The summed E-state index contributed by atoms with van der Waals surface area (Å²) in [6.45, 7) is 2.11. The van der Waals surface area contributed by atoms with Crippen LogP contribution in [0.3, 0.4) is 0 Å². The van der Waals surface area contributed by atoms with Crippen molar-refractivity contribution >= 4 is 11.7 Å². The van der Waals surface area contributed by atoms with Crippen LogP contribution in [0.5, 0.6) is 0 Å². The van der Waals surface area contributed by atoms with Crippen LogP contribution in [0.2, 0.25) is 0 Å². The van der Waals surface area contributed by atoms with Crippen LogP contribution in [-0.2, 0) is 11.2 Å². The molecule has 0 radical (unpaired) electrons. The summed E-state index contributed by atoms with van der Waals surface area (Å²) in [4.78, 5) is 22.2. The zero-order valence-corrected chi connectivity index (χ0v) is 13.5. The lowest BCUT2D eigenvalue weighted by Gasteiger charge is -2.33. The van der Waals surface area contributed by atoms with E-state index in [1.807, 2.05) is 17.0 Å². The first kappa shape index (κ1) is 16.4. The molecule has 1 atom stereocenters. The molecule has 2 aromatic rings. The highest BCUT2D eigenvalue weighted by molar-refractivity contribution is 5.78. The van der Waals surface area contributed by atoms with Gasteiger partial charge in [-0.1, -0.05) is 6.07 Å². The Kier molecular flexibility index (Phi) is 5.36. The van der Waals surface area contributed by atoms with Crippen molar-refractivity contribution in [3.63, 3.8) is 0 Å². The lowest BCUT2D eigenvalue weighted by Crippen LogP contribution is -2.42. The third-order valence-corrected chi connectivity index (χ3v) is 4.23. The summed E-state index contributed by atoms with van der Waals surface area (Å²) in [5.74, 6) is 0.407. The van der Waals surface area contributed by atoms with Gasteiger partial charge in [0.1, 0.15) is 0 Å². The second kappa shape index (κ2) is 7.86. The van der Waals surface area contributed by atoms with Crippen LogP contribution in [-0.4, -0.2) is 35.5 Å². The number of carbonyl (C=O) groups is 1. The molecule has 1 N–H and O–H groups in total. The summed E-state index contributed by atoms with van der Waals surface area (Å²) < 4.78 is 13.9. The number of rotatable bonds is 5. The average Bonchev–Trinajstić information content (AvgIpc) is 2.61. The molecular weight excluding hydrogens is 307 g/mol. The lowest BCUT2D eigenvalue weighted by molar-refractivity contribution is -0.120. The van der Waals surface area contributed by atoms with Gasteiger partial charge < -0.3 is 10.2 Å². The maximum atomic E-state index is 13.9. The number of carbonyl (C=O) groups excluding carboxylic acids is 1. The summed E-state index contributed by atoms with van der Waals surface area (Å²) >= 11 is 0. The number of hydrogen-bond acceptors (Lipinski definition) is 4. The monoisotopic (exact) mass is 328 g/mol. The van der Waals surface area contributed by atoms with E-state index in [-0.39, 0.29) is 11.7 Å². The van der Waals surface area contributed by atoms with Crippen molar-refractivity contribution in [3.05, 3.63) is 54.2 Å². The van der Waals surface area contributed by atoms with Crippen LogP contribution < -0.4 is 10.2 Å². The first-order valence-corrected chi connectivity index (χ1v) is 8.23. The van der Waals surface area contributed by atoms with E-state index in [2.05, 4.69) is 15.3 Å². The number of nitrogens with zero attached hydrogens (tertiary/aromatic N) is 3. The zero-order chi connectivity index (χ0) is 16.8. The number of pyridine rings is 2. The van der Waals surface area contributed by atoms with E-state index in [0.29, 0.717) is 31.2 Å². The third kappa shape index (κ3) is 4.28. The molecule has 1 fully saturated rings. The first-order valence-electron chi connectivity index (χ1n) is 8.23. The van der Waals surface area contributed by atoms with Crippen molar-refractivity contribution in [2.45, 2.75) is 19.3 Å². The fourth-order valence-corrected chi connectivity index (χ4v) is 3.04. The largest absolute Gasteiger partial charge is 0.355 e. The molecule has 0 aromatic carbocycles. The SMILES string of the molecule is O=C(Cc1cccnc1)NCC1CCCN(c2ncccc2F)C1. The van der Waals surface area contributed by atoms with Gasteiger partial charge in [-0.3, -0.25) is 9.78 Å². The standard InChI is InChI=1S/C18H21FN4O/c19-16-6-2-8-21-18(16)23-9-3-5-15(13-23)12-22-17(24)10-14-4-1-7-20-11-14/h1-2,4,6-8,11,15H,3,5,9-10,12-13H2,(H,22,24). The summed E-state index contributed by atoms with van der Waals surface area (Å²) in [5.41, 5.74) is 0.899. The van der Waals surface area contributed by atoms with Crippen molar-refractivity contribution in [1.29, 1.82) is 0 Å². The number of halogens is 1. The van der Waals surface area contributed by atoms with Crippen LogP contribution in [0.1, 0.15) is 18.4 Å². The highest BCUT2D eigenvalue weighted by Gasteiger charge is 2.23. The van der Waals surface area contributed by atoms with E-state index >= 15 is 0 Å². The van der Waals surface area contributed by atoms with E-state index in [1.54, 1.807) is 24.7 Å². The highest BCUT2D eigenvalue weighted by Crippen LogP contribution is 2.23. The molecular formula is C18H21FN4O. The Morgan fingerprint density at radius 1 is 1.33 bits per heavy atom. The second-order valence-corrected chi connectivity index (χ2v) is 6.11. The van der Waals surface area contributed by atoms with Gasteiger partial charge in [-0.05, 0) is 42.5 Å². The fourth-order valence-electron chi connectivity index (χ4n) is 3.04. The van der Waals surface area contributed by atoms with Gasteiger partial charge in [0.15, 0.2) is 11.6 Å². The Bertz CT molecular complexity index is 680. The van der Waals surface area contributed by atoms with Gasteiger partial charge in [-0.2, -0.15) is 0 Å². The maximum Gasteiger partial charge on any atom is 0.224 e. The molecule has 3 rings (SSSR count). The molecule has 1 aliphatic heterocycles. The molecule has 0 spiro atoms. The zero-order valence-electron chi connectivity index (χ0n) is 13.5. The smallest absolute Gasteiger partial charge is 0.224 e. The molecule has 1 saturated heterocycles. The normalized spacial score (nSPS) is 17.5. The fraction of sp³-hybridized carbons (Fsp3) is 0.389. The van der Waals surface area contributed by atoms with Gasteiger partial charge in [0, 0.05) is 38.2 Å². The molecule has 0 bridgehead atoms. The molecule has 3 heterocycles. The van der Waals surface area contributed by atoms with Gasteiger partial charge >= 0.3 is 0 Å². The number of aromatic nitrogens is 2. The van der Waals surface area contributed by atoms with Crippen molar-refractivity contribution in [3.8, 4) is 0 Å². The van der Waals surface area contributed by atoms with Crippen molar-refractivity contribution < 1.29 is 9.18 Å². The molecule has 24 heavy (non-hydrogen) atoms. The first-order chi connectivity index (χ1) is 11.7. The van der Waals surface area contributed by atoms with Crippen LogP contribution >= 0.6 is 0 Å². The quantitative estimate of drug-likeness (QED) is 0.914. The van der Waals surface area contributed by atoms with E-state index in [4.69, 9.17) is 0 Å².